The number of methoxy groups -OCH3 is 1. The highest BCUT2D eigenvalue weighted by atomic mass is 16.5. The summed E-state index contributed by atoms with van der Waals surface area (Å²) in [7, 11) is 1.67. The average molecular weight is 341 g/mol. The van der Waals surface area contributed by atoms with Gasteiger partial charge >= 0.3 is 0 Å². The van der Waals surface area contributed by atoms with Gasteiger partial charge in [0.1, 0.15) is 5.75 Å². The van der Waals surface area contributed by atoms with Gasteiger partial charge in [-0.1, -0.05) is 23.4 Å². The maximum atomic E-state index is 12.4. The number of hydrogen-bond donors (Lipinski definition) is 1. The second-order valence-electron chi connectivity index (χ2n) is 6.20. The smallest absolute Gasteiger partial charge is 0.243 e. The minimum Gasteiger partial charge on any atom is -0.497 e. The number of benzene rings is 1. The Morgan fingerprint density at radius 2 is 2.12 bits per heavy atom. The van der Waals surface area contributed by atoms with Gasteiger partial charge in [0.15, 0.2) is 0 Å². The fourth-order valence-electron chi connectivity index (χ4n) is 2.92. The zero-order valence-electron chi connectivity index (χ0n) is 14.8. The Morgan fingerprint density at radius 1 is 1.36 bits per heavy atom. The van der Waals surface area contributed by atoms with E-state index in [0.29, 0.717) is 5.88 Å². The van der Waals surface area contributed by atoms with Crippen LogP contribution in [-0.4, -0.2) is 42.2 Å². The van der Waals surface area contributed by atoms with E-state index in [0.717, 1.165) is 31.0 Å². The second kappa shape index (κ2) is 7.53. The molecular formula is C19H23N3O3. The van der Waals surface area contributed by atoms with Crippen molar-refractivity contribution in [2.75, 3.05) is 25.5 Å². The molecular weight excluding hydrogens is 318 g/mol. The second-order valence-corrected chi connectivity index (χ2v) is 6.20. The van der Waals surface area contributed by atoms with Gasteiger partial charge in [-0.3, -0.25) is 15.0 Å². The molecule has 2 aromatic rings. The fraction of sp³-hybridized carbons (Fsp3) is 0.368. The summed E-state index contributed by atoms with van der Waals surface area (Å²) in [5.41, 5.74) is 3.25. The Morgan fingerprint density at radius 3 is 2.68 bits per heavy atom. The van der Waals surface area contributed by atoms with Gasteiger partial charge in [0.2, 0.25) is 11.8 Å². The van der Waals surface area contributed by atoms with Crippen LogP contribution in [0.4, 0.5) is 5.88 Å². The minimum absolute atomic E-state index is 0.0857. The van der Waals surface area contributed by atoms with Crippen LogP contribution in [0.3, 0.4) is 0 Å². The highest BCUT2D eigenvalue weighted by Gasteiger charge is 2.24. The third-order valence-corrected chi connectivity index (χ3v) is 4.50. The van der Waals surface area contributed by atoms with Crippen LogP contribution in [0, 0.1) is 6.92 Å². The number of hydrogen-bond acceptors (Lipinski definition) is 5. The number of aryl methyl sites for hydroxylation is 1. The predicted molar refractivity (Wildman–Crippen MR) is 96.5 cm³/mol. The van der Waals surface area contributed by atoms with Gasteiger partial charge in [-0.15, -0.1) is 0 Å². The number of nitrogens with one attached hydrogen (secondary N) is 1. The molecule has 1 amide bonds. The molecule has 1 aliphatic heterocycles. The van der Waals surface area contributed by atoms with Gasteiger partial charge in [0.25, 0.3) is 0 Å². The third-order valence-electron chi connectivity index (χ3n) is 4.50. The van der Waals surface area contributed by atoms with E-state index in [2.05, 4.69) is 33.6 Å². The Bertz CT molecular complexity index is 764. The van der Waals surface area contributed by atoms with Crippen molar-refractivity contribution < 1.29 is 14.1 Å². The molecule has 0 radical (unpaired) electrons. The number of ether oxygens (including phenoxy) is 1. The molecule has 6 nitrogen and oxygen atoms in total. The first-order chi connectivity index (χ1) is 12.1. The Balaban J connectivity index is 1.59. The van der Waals surface area contributed by atoms with Gasteiger partial charge in [-0.05, 0) is 43.5 Å². The molecule has 1 aromatic carbocycles. The number of aromatic nitrogens is 1. The van der Waals surface area contributed by atoms with Crippen molar-refractivity contribution in [1.29, 1.82) is 0 Å². The van der Waals surface area contributed by atoms with Gasteiger partial charge in [-0.25, -0.2) is 0 Å². The standard InChI is InChI=1S/C19H23N3O3/c1-13-12-18(25-21-13)20-19(23)14(2)22-10-8-16(9-11-22)15-4-6-17(24-3)7-5-15/h4-8,12,14H,9-11H2,1-3H3,(H,20,23). The molecule has 0 fully saturated rings. The van der Waals surface area contributed by atoms with Crippen molar-refractivity contribution in [1.82, 2.24) is 10.1 Å². The number of amides is 1. The molecule has 0 saturated carbocycles. The summed E-state index contributed by atoms with van der Waals surface area (Å²) in [4.78, 5) is 14.5. The predicted octanol–water partition coefficient (Wildman–Crippen LogP) is 3.11. The summed E-state index contributed by atoms with van der Waals surface area (Å²) >= 11 is 0. The molecule has 1 atom stereocenters. The average Bonchev–Trinajstić information content (AvgIpc) is 3.06. The van der Waals surface area contributed by atoms with Crippen LogP contribution in [0.2, 0.25) is 0 Å². The lowest BCUT2D eigenvalue weighted by molar-refractivity contribution is -0.120. The lowest BCUT2D eigenvalue weighted by Crippen LogP contribution is -2.43. The molecule has 1 unspecified atom stereocenters. The zero-order chi connectivity index (χ0) is 17.8. The molecule has 0 bridgehead atoms. The fourth-order valence-corrected chi connectivity index (χ4v) is 2.92. The summed E-state index contributed by atoms with van der Waals surface area (Å²) in [6, 6.07) is 9.56. The van der Waals surface area contributed by atoms with E-state index in [4.69, 9.17) is 9.26 Å². The van der Waals surface area contributed by atoms with E-state index < -0.39 is 0 Å². The molecule has 1 N–H and O–H groups in total. The van der Waals surface area contributed by atoms with Gasteiger partial charge < -0.3 is 9.26 Å². The molecule has 0 spiro atoms. The summed E-state index contributed by atoms with van der Waals surface area (Å²) in [5, 5.41) is 6.55. The normalized spacial score (nSPS) is 16.2. The maximum absolute atomic E-state index is 12.4. The number of carbonyl (C=O) groups is 1. The number of anilines is 1. The Hall–Kier alpha value is -2.60. The molecule has 25 heavy (non-hydrogen) atoms. The zero-order valence-corrected chi connectivity index (χ0v) is 14.8. The third kappa shape index (κ3) is 4.09. The summed E-state index contributed by atoms with van der Waals surface area (Å²) in [6.07, 6.45) is 3.10. The van der Waals surface area contributed by atoms with Gasteiger partial charge in [0.05, 0.1) is 18.8 Å². The van der Waals surface area contributed by atoms with Crippen molar-refractivity contribution in [3.8, 4) is 5.75 Å². The van der Waals surface area contributed by atoms with Crippen LogP contribution < -0.4 is 10.1 Å². The van der Waals surface area contributed by atoms with Crippen LogP contribution in [-0.2, 0) is 4.79 Å². The van der Waals surface area contributed by atoms with Crippen molar-refractivity contribution in [3.05, 3.63) is 47.7 Å². The van der Waals surface area contributed by atoms with Crippen molar-refractivity contribution in [2.45, 2.75) is 26.3 Å². The van der Waals surface area contributed by atoms with Crippen molar-refractivity contribution >= 4 is 17.4 Å². The molecule has 6 heteroatoms. The van der Waals surface area contributed by atoms with Crippen LogP contribution in [0.25, 0.3) is 5.57 Å². The molecule has 132 valence electrons. The Labute approximate surface area is 147 Å². The minimum atomic E-state index is -0.237. The van der Waals surface area contributed by atoms with Gasteiger partial charge in [0, 0.05) is 19.2 Å². The molecule has 0 aliphatic carbocycles. The van der Waals surface area contributed by atoms with E-state index in [1.807, 2.05) is 26.0 Å². The highest BCUT2D eigenvalue weighted by molar-refractivity contribution is 5.93. The molecule has 2 heterocycles. The molecule has 1 aliphatic rings. The molecule has 0 saturated heterocycles. The van der Waals surface area contributed by atoms with Crippen LogP contribution in [0.5, 0.6) is 5.75 Å². The quantitative estimate of drug-likeness (QED) is 0.905. The van der Waals surface area contributed by atoms with Crippen molar-refractivity contribution in [3.63, 3.8) is 0 Å². The van der Waals surface area contributed by atoms with E-state index in [1.54, 1.807) is 13.2 Å². The highest BCUT2D eigenvalue weighted by Crippen LogP contribution is 2.25. The topological polar surface area (TPSA) is 67.6 Å². The SMILES string of the molecule is COc1ccc(C2=CCN(C(C)C(=O)Nc3cc(C)no3)CC2)cc1. The number of carbonyl (C=O) groups excluding carboxylic acids is 1. The summed E-state index contributed by atoms with van der Waals surface area (Å²) in [6.45, 7) is 5.30. The summed E-state index contributed by atoms with van der Waals surface area (Å²) in [5.74, 6) is 1.16. The van der Waals surface area contributed by atoms with Crippen molar-refractivity contribution in [2.24, 2.45) is 0 Å². The lowest BCUT2D eigenvalue weighted by Gasteiger charge is -2.30. The van der Waals surface area contributed by atoms with Crippen LogP contribution >= 0.6 is 0 Å². The number of nitrogens with zero attached hydrogens (tertiary/aromatic N) is 2. The molecule has 1 aromatic heterocycles. The Kier molecular flexibility index (Phi) is 5.19. The lowest BCUT2D eigenvalue weighted by atomic mass is 9.98. The first-order valence-corrected chi connectivity index (χ1v) is 8.38. The van der Waals surface area contributed by atoms with Crippen LogP contribution in [0.15, 0.2) is 40.9 Å². The van der Waals surface area contributed by atoms with Crippen LogP contribution in [0.1, 0.15) is 24.6 Å². The largest absolute Gasteiger partial charge is 0.497 e. The molecule has 3 rings (SSSR count). The van der Waals surface area contributed by atoms with Gasteiger partial charge in [-0.2, -0.15) is 0 Å². The summed E-state index contributed by atoms with van der Waals surface area (Å²) < 4.78 is 10.2. The van der Waals surface area contributed by atoms with E-state index >= 15 is 0 Å². The number of rotatable bonds is 5. The maximum Gasteiger partial charge on any atom is 0.243 e. The van der Waals surface area contributed by atoms with E-state index in [9.17, 15) is 4.79 Å². The first-order valence-electron chi connectivity index (χ1n) is 8.38. The first kappa shape index (κ1) is 17.2. The van der Waals surface area contributed by atoms with E-state index in [-0.39, 0.29) is 11.9 Å². The monoisotopic (exact) mass is 341 g/mol. The van der Waals surface area contributed by atoms with E-state index in [1.165, 1.54) is 11.1 Å².